The van der Waals surface area contributed by atoms with E-state index in [1.165, 1.54) is 16.7 Å². The van der Waals surface area contributed by atoms with Gasteiger partial charge >= 0.3 is 0 Å². The molecule has 2 heterocycles. The van der Waals surface area contributed by atoms with Crippen LogP contribution in [0.4, 0.5) is 0 Å². The van der Waals surface area contributed by atoms with Gasteiger partial charge in [0.25, 0.3) is 0 Å². The van der Waals surface area contributed by atoms with Gasteiger partial charge in [0.2, 0.25) is 6.23 Å². The molecule has 2 aliphatic rings. The Bertz CT molecular complexity index is 1070. The van der Waals surface area contributed by atoms with Crippen molar-refractivity contribution < 1.29 is 9.47 Å². The number of hydrazone groups is 1. The van der Waals surface area contributed by atoms with Crippen LogP contribution < -0.4 is 9.47 Å². The SMILES string of the molecule is CCOc1ccccc1[C@@H]1Oc2ccccc2[C@H]2CC(c3ccc(CC)cc3)=NN21. The molecule has 0 radical (unpaired) electrons. The zero-order valence-electron chi connectivity index (χ0n) is 17.4. The third-order valence-corrected chi connectivity index (χ3v) is 5.88. The molecule has 3 aromatic carbocycles. The molecule has 0 aliphatic carbocycles. The van der Waals surface area contributed by atoms with E-state index in [2.05, 4.69) is 60.5 Å². The summed E-state index contributed by atoms with van der Waals surface area (Å²) in [4.78, 5) is 0. The van der Waals surface area contributed by atoms with E-state index >= 15 is 0 Å². The second-order valence-electron chi connectivity index (χ2n) is 7.68. The molecule has 0 spiro atoms. The molecule has 0 saturated carbocycles. The molecule has 2 atom stereocenters. The van der Waals surface area contributed by atoms with E-state index in [1.54, 1.807) is 0 Å². The number of hydrogen-bond acceptors (Lipinski definition) is 4. The molecular weight excluding hydrogens is 372 g/mol. The van der Waals surface area contributed by atoms with Crippen LogP contribution in [0.3, 0.4) is 0 Å². The highest BCUT2D eigenvalue weighted by atomic mass is 16.5. The van der Waals surface area contributed by atoms with Crippen molar-refractivity contribution in [2.45, 2.75) is 39.0 Å². The molecule has 5 rings (SSSR count). The molecule has 0 N–H and O–H groups in total. The summed E-state index contributed by atoms with van der Waals surface area (Å²) in [6.45, 7) is 4.79. The van der Waals surface area contributed by atoms with Crippen LogP contribution in [0, 0.1) is 0 Å². The fraction of sp³-hybridized carbons (Fsp3) is 0.269. The van der Waals surface area contributed by atoms with Crippen molar-refractivity contribution in [1.29, 1.82) is 0 Å². The Morgan fingerprint density at radius 1 is 0.933 bits per heavy atom. The zero-order chi connectivity index (χ0) is 20.5. The first-order valence-electron chi connectivity index (χ1n) is 10.7. The summed E-state index contributed by atoms with van der Waals surface area (Å²) in [5.74, 6) is 1.77. The Hall–Kier alpha value is -3.27. The van der Waals surface area contributed by atoms with Gasteiger partial charge in [-0.15, -0.1) is 0 Å². The van der Waals surface area contributed by atoms with Gasteiger partial charge in [-0.05, 0) is 42.7 Å². The van der Waals surface area contributed by atoms with E-state index in [1.807, 2.05) is 31.2 Å². The second-order valence-corrected chi connectivity index (χ2v) is 7.68. The molecule has 0 aromatic heterocycles. The van der Waals surface area contributed by atoms with Crippen molar-refractivity contribution in [2.75, 3.05) is 6.61 Å². The van der Waals surface area contributed by atoms with E-state index in [4.69, 9.17) is 14.6 Å². The van der Waals surface area contributed by atoms with Gasteiger partial charge in [0.1, 0.15) is 11.5 Å². The highest BCUT2D eigenvalue weighted by Gasteiger charge is 2.41. The first-order valence-corrected chi connectivity index (χ1v) is 10.7. The predicted octanol–water partition coefficient (Wildman–Crippen LogP) is 5.89. The molecule has 0 saturated heterocycles. The minimum atomic E-state index is -0.319. The van der Waals surface area contributed by atoms with Crippen LogP contribution >= 0.6 is 0 Å². The largest absolute Gasteiger partial charge is 0.493 e. The number of fused-ring (bicyclic) bond motifs is 3. The number of nitrogens with zero attached hydrogens (tertiary/aromatic N) is 2. The molecular formula is C26H26N2O2. The van der Waals surface area contributed by atoms with Crippen molar-refractivity contribution in [2.24, 2.45) is 5.10 Å². The predicted molar refractivity (Wildman–Crippen MR) is 119 cm³/mol. The molecule has 0 bridgehead atoms. The fourth-order valence-corrected chi connectivity index (χ4v) is 4.32. The maximum atomic E-state index is 6.48. The van der Waals surface area contributed by atoms with Gasteiger partial charge in [0, 0.05) is 12.0 Å². The van der Waals surface area contributed by atoms with Crippen LogP contribution in [0.25, 0.3) is 0 Å². The van der Waals surface area contributed by atoms with Gasteiger partial charge in [0.15, 0.2) is 0 Å². The van der Waals surface area contributed by atoms with Crippen molar-refractivity contribution >= 4 is 5.71 Å². The standard InChI is InChI=1S/C26H26N2O2/c1-3-18-13-15-19(16-14-18)22-17-23-20-9-5-8-12-25(20)30-26(28(23)27-22)21-10-6-7-11-24(21)29-4-2/h5-16,23,26H,3-4,17H2,1-2H3/t23-,26+/m1/s1. The van der Waals surface area contributed by atoms with Crippen molar-refractivity contribution in [1.82, 2.24) is 5.01 Å². The Labute approximate surface area is 177 Å². The monoisotopic (exact) mass is 398 g/mol. The van der Waals surface area contributed by atoms with Gasteiger partial charge in [-0.25, -0.2) is 5.01 Å². The molecule has 0 amide bonds. The Morgan fingerprint density at radius 2 is 1.67 bits per heavy atom. The van der Waals surface area contributed by atoms with E-state index in [-0.39, 0.29) is 12.3 Å². The summed E-state index contributed by atoms with van der Waals surface area (Å²) in [5.41, 5.74) is 5.81. The van der Waals surface area contributed by atoms with Crippen LogP contribution in [0.15, 0.2) is 77.9 Å². The van der Waals surface area contributed by atoms with E-state index < -0.39 is 0 Å². The van der Waals surface area contributed by atoms with E-state index in [9.17, 15) is 0 Å². The topological polar surface area (TPSA) is 34.1 Å². The Morgan fingerprint density at radius 3 is 2.43 bits per heavy atom. The normalized spacial score (nSPS) is 19.5. The smallest absolute Gasteiger partial charge is 0.217 e. The van der Waals surface area contributed by atoms with E-state index in [0.717, 1.165) is 35.6 Å². The zero-order valence-corrected chi connectivity index (χ0v) is 17.4. The summed E-state index contributed by atoms with van der Waals surface area (Å²) < 4.78 is 12.4. The van der Waals surface area contributed by atoms with E-state index in [0.29, 0.717) is 6.61 Å². The number of benzene rings is 3. The van der Waals surface area contributed by atoms with Gasteiger partial charge in [-0.1, -0.05) is 61.5 Å². The number of rotatable bonds is 5. The number of para-hydroxylation sites is 2. The molecule has 30 heavy (non-hydrogen) atoms. The lowest BCUT2D eigenvalue weighted by Crippen LogP contribution is -2.34. The molecule has 2 aliphatic heterocycles. The average Bonchev–Trinajstić information content (AvgIpc) is 3.25. The lowest BCUT2D eigenvalue weighted by Gasteiger charge is -2.38. The fourth-order valence-electron chi connectivity index (χ4n) is 4.32. The highest BCUT2D eigenvalue weighted by Crippen LogP contribution is 2.48. The third kappa shape index (κ3) is 3.22. The summed E-state index contributed by atoms with van der Waals surface area (Å²) in [6, 6.07) is 25.3. The van der Waals surface area contributed by atoms with Crippen molar-refractivity contribution in [3.05, 3.63) is 95.1 Å². The van der Waals surface area contributed by atoms with Gasteiger partial charge in [0.05, 0.1) is 23.9 Å². The Kier molecular flexibility index (Phi) is 4.91. The Balaban J connectivity index is 1.57. The number of hydrogen-bond donors (Lipinski definition) is 0. The molecule has 4 nitrogen and oxygen atoms in total. The summed E-state index contributed by atoms with van der Waals surface area (Å²) >= 11 is 0. The van der Waals surface area contributed by atoms with Crippen LogP contribution in [0.2, 0.25) is 0 Å². The van der Waals surface area contributed by atoms with Crippen molar-refractivity contribution in [3.63, 3.8) is 0 Å². The molecule has 3 aromatic rings. The maximum absolute atomic E-state index is 6.48. The first-order chi connectivity index (χ1) is 14.8. The molecule has 0 fully saturated rings. The van der Waals surface area contributed by atoms with Crippen LogP contribution in [-0.4, -0.2) is 17.3 Å². The third-order valence-electron chi connectivity index (χ3n) is 5.88. The van der Waals surface area contributed by atoms with Gasteiger partial charge in [-0.2, -0.15) is 5.10 Å². The molecule has 0 unspecified atom stereocenters. The lowest BCUT2D eigenvalue weighted by atomic mass is 9.95. The van der Waals surface area contributed by atoms with Crippen LogP contribution in [0.5, 0.6) is 11.5 Å². The number of aryl methyl sites for hydroxylation is 1. The summed E-state index contributed by atoms with van der Waals surface area (Å²) in [5, 5.41) is 7.18. The lowest BCUT2D eigenvalue weighted by molar-refractivity contribution is -0.0205. The second kappa shape index (κ2) is 7.86. The maximum Gasteiger partial charge on any atom is 0.217 e. The van der Waals surface area contributed by atoms with Gasteiger partial charge < -0.3 is 9.47 Å². The molecule has 152 valence electrons. The summed E-state index contributed by atoms with van der Waals surface area (Å²) in [6.07, 6.45) is 1.58. The van der Waals surface area contributed by atoms with Crippen molar-refractivity contribution in [3.8, 4) is 11.5 Å². The van der Waals surface area contributed by atoms with Crippen LogP contribution in [-0.2, 0) is 6.42 Å². The summed E-state index contributed by atoms with van der Waals surface area (Å²) in [7, 11) is 0. The minimum absolute atomic E-state index is 0.149. The number of ether oxygens (including phenoxy) is 2. The first kappa shape index (κ1) is 18.7. The quantitative estimate of drug-likeness (QED) is 0.537. The minimum Gasteiger partial charge on any atom is -0.493 e. The van der Waals surface area contributed by atoms with Gasteiger partial charge in [-0.3, -0.25) is 0 Å². The van der Waals surface area contributed by atoms with Crippen LogP contribution in [0.1, 0.15) is 54.8 Å². The average molecular weight is 399 g/mol. The highest BCUT2D eigenvalue weighted by molar-refractivity contribution is 6.02. The molecule has 4 heteroatoms.